The van der Waals surface area contributed by atoms with Crippen molar-refractivity contribution in [3.05, 3.63) is 54.4 Å². The quantitative estimate of drug-likeness (QED) is 0.769. The fraction of sp³-hybridized carbons (Fsp3) is 0.294. The number of para-hydroxylation sites is 2. The van der Waals surface area contributed by atoms with E-state index in [9.17, 15) is 13.2 Å². The number of ether oxygens (including phenoxy) is 1. The van der Waals surface area contributed by atoms with Gasteiger partial charge in [-0.2, -0.15) is 0 Å². The fourth-order valence-electron chi connectivity index (χ4n) is 2.20. The van der Waals surface area contributed by atoms with Gasteiger partial charge in [-0.1, -0.05) is 18.2 Å². The lowest BCUT2D eigenvalue weighted by molar-refractivity contribution is -0.119. The molecule has 2 aromatic rings. The van der Waals surface area contributed by atoms with Gasteiger partial charge in [-0.05, 0) is 31.2 Å². The number of hydrogen-bond acceptors (Lipinski definition) is 5. The minimum atomic E-state index is -3.66. The Morgan fingerprint density at radius 1 is 1.20 bits per heavy atom. The second-order valence-electron chi connectivity index (χ2n) is 5.27. The molecule has 1 aromatic heterocycles. The summed E-state index contributed by atoms with van der Waals surface area (Å²) in [6, 6.07) is 12.1. The zero-order valence-electron chi connectivity index (χ0n) is 14.2. The molecule has 7 nitrogen and oxygen atoms in total. The average Bonchev–Trinajstić information content (AvgIpc) is 2.59. The Balaban J connectivity index is 2.15. The van der Waals surface area contributed by atoms with Crippen molar-refractivity contribution in [3.8, 4) is 5.75 Å². The number of nitrogens with zero attached hydrogens (tertiary/aromatic N) is 2. The van der Waals surface area contributed by atoms with Crippen LogP contribution in [0.5, 0.6) is 5.75 Å². The Labute approximate surface area is 147 Å². The maximum atomic E-state index is 12.2. The Bertz CT molecular complexity index is 810. The minimum absolute atomic E-state index is 0.227. The topological polar surface area (TPSA) is 88.6 Å². The van der Waals surface area contributed by atoms with Crippen molar-refractivity contribution in [1.82, 2.24) is 10.3 Å². The highest BCUT2D eigenvalue weighted by molar-refractivity contribution is 7.92. The first kappa shape index (κ1) is 18.7. The first-order chi connectivity index (χ1) is 11.9. The van der Waals surface area contributed by atoms with Crippen LogP contribution in [0.25, 0.3) is 0 Å². The maximum absolute atomic E-state index is 12.2. The number of nitrogens with one attached hydrogen (secondary N) is 1. The minimum Gasteiger partial charge on any atom is -0.492 e. The normalized spacial score (nSPS) is 11.0. The molecule has 0 saturated heterocycles. The highest BCUT2D eigenvalue weighted by Gasteiger charge is 2.23. The van der Waals surface area contributed by atoms with E-state index in [1.54, 1.807) is 49.5 Å². The molecule has 8 heteroatoms. The van der Waals surface area contributed by atoms with E-state index in [-0.39, 0.29) is 13.1 Å². The van der Waals surface area contributed by atoms with Gasteiger partial charge in [0.25, 0.3) is 0 Å². The lowest BCUT2D eigenvalue weighted by Crippen LogP contribution is -2.40. The first-order valence-corrected chi connectivity index (χ1v) is 9.62. The van der Waals surface area contributed by atoms with Crippen LogP contribution in [0.15, 0.2) is 48.7 Å². The van der Waals surface area contributed by atoms with Crippen LogP contribution in [0.2, 0.25) is 0 Å². The summed E-state index contributed by atoms with van der Waals surface area (Å²) < 4.78 is 30.9. The predicted molar refractivity (Wildman–Crippen MR) is 95.9 cm³/mol. The predicted octanol–water partition coefficient (Wildman–Crippen LogP) is 1.56. The molecule has 0 saturated carbocycles. The number of pyridine rings is 1. The van der Waals surface area contributed by atoms with E-state index >= 15 is 0 Å². The number of carbonyl (C=O) groups is 1. The standard InChI is InChI=1S/C17H21N3O4S/c1-3-24-16-10-5-4-9-15(16)20(25(2,22)23)13-17(21)19-12-14-8-6-7-11-18-14/h4-11H,3,12-13H2,1-2H3,(H,19,21). The molecule has 0 atom stereocenters. The molecule has 0 aliphatic rings. The van der Waals surface area contributed by atoms with Crippen LogP contribution in [-0.4, -0.2) is 38.7 Å². The van der Waals surface area contributed by atoms with Gasteiger partial charge in [-0.25, -0.2) is 8.42 Å². The van der Waals surface area contributed by atoms with E-state index in [0.717, 1.165) is 10.6 Å². The van der Waals surface area contributed by atoms with Crippen LogP contribution in [0.4, 0.5) is 5.69 Å². The van der Waals surface area contributed by atoms with Gasteiger partial charge in [0.15, 0.2) is 0 Å². The van der Waals surface area contributed by atoms with Gasteiger partial charge in [-0.15, -0.1) is 0 Å². The number of amides is 1. The molecule has 0 unspecified atom stereocenters. The molecule has 1 amide bonds. The number of anilines is 1. The smallest absolute Gasteiger partial charge is 0.241 e. The largest absolute Gasteiger partial charge is 0.492 e. The molecule has 2 rings (SSSR count). The Morgan fingerprint density at radius 2 is 1.92 bits per heavy atom. The highest BCUT2D eigenvalue weighted by atomic mass is 32.2. The van der Waals surface area contributed by atoms with Crippen molar-refractivity contribution in [1.29, 1.82) is 0 Å². The molecule has 0 aliphatic heterocycles. The number of rotatable bonds is 8. The van der Waals surface area contributed by atoms with Crippen molar-refractivity contribution < 1.29 is 17.9 Å². The van der Waals surface area contributed by atoms with Gasteiger partial charge in [0.05, 0.1) is 30.8 Å². The Kier molecular flexibility index (Phi) is 6.35. The summed E-state index contributed by atoms with van der Waals surface area (Å²) in [5.41, 5.74) is 1.02. The van der Waals surface area contributed by atoms with Crippen LogP contribution >= 0.6 is 0 Å². The summed E-state index contributed by atoms with van der Waals surface area (Å²) >= 11 is 0. The third-order valence-corrected chi connectivity index (χ3v) is 4.44. The third-order valence-electron chi connectivity index (χ3n) is 3.31. The van der Waals surface area contributed by atoms with Gasteiger partial charge < -0.3 is 10.1 Å². The highest BCUT2D eigenvalue weighted by Crippen LogP contribution is 2.29. The van der Waals surface area contributed by atoms with E-state index in [4.69, 9.17) is 4.74 Å². The van der Waals surface area contributed by atoms with E-state index in [1.807, 2.05) is 6.07 Å². The summed E-state index contributed by atoms with van der Waals surface area (Å²) in [6.07, 6.45) is 2.68. The summed E-state index contributed by atoms with van der Waals surface area (Å²) in [6.45, 7) is 2.09. The molecule has 1 N–H and O–H groups in total. The van der Waals surface area contributed by atoms with Gasteiger partial charge in [0, 0.05) is 6.20 Å². The summed E-state index contributed by atoms with van der Waals surface area (Å²) in [5, 5.41) is 2.67. The molecule has 0 fully saturated rings. The summed E-state index contributed by atoms with van der Waals surface area (Å²) in [5.74, 6) is -0.0182. The van der Waals surface area contributed by atoms with E-state index in [1.165, 1.54) is 0 Å². The van der Waals surface area contributed by atoms with Gasteiger partial charge >= 0.3 is 0 Å². The fourth-order valence-corrected chi connectivity index (χ4v) is 3.06. The molecule has 1 aromatic carbocycles. The van der Waals surface area contributed by atoms with E-state index < -0.39 is 15.9 Å². The molecule has 25 heavy (non-hydrogen) atoms. The first-order valence-electron chi connectivity index (χ1n) is 7.78. The molecule has 0 aliphatic carbocycles. The number of aromatic nitrogens is 1. The molecular formula is C17H21N3O4S. The number of benzene rings is 1. The summed E-state index contributed by atoms with van der Waals surface area (Å²) in [7, 11) is -3.66. The second-order valence-corrected chi connectivity index (χ2v) is 7.17. The molecule has 134 valence electrons. The van der Waals surface area contributed by atoms with Crippen molar-refractivity contribution in [2.75, 3.05) is 23.7 Å². The van der Waals surface area contributed by atoms with Crippen molar-refractivity contribution >= 4 is 21.6 Å². The molecule has 1 heterocycles. The third kappa shape index (κ3) is 5.46. The van der Waals surface area contributed by atoms with Crippen LogP contribution in [0, 0.1) is 0 Å². The zero-order valence-corrected chi connectivity index (χ0v) is 15.0. The number of carbonyl (C=O) groups excluding carboxylic acids is 1. The molecular weight excluding hydrogens is 342 g/mol. The van der Waals surface area contributed by atoms with Crippen LogP contribution in [0.3, 0.4) is 0 Å². The average molecular weight is 363 g/mol. The SMILES string of the molecule is CCOc1ccccc1N(CC(=O)NCc1ccccn1)S(C)(=O)=O. The van der Waals surface area contributed by atoms with Crippen LogP contribution in [0.1, 0.15) is 12.6 Å². The van der Waals surface area contributed by atoms with Crippen LogP contribution in [-0.2, 0) is 21.4 Å². The lowest BCUT2D eigenvalue weighted by Gasteiger charge is -2.24. The van der Waals surface area contributed by atoms with Crippen molar-refractivity contribution in [3.63, 3.8) is 0 Å². The molecule has 0 radical (unpaired) electrons. The second kappa shape index (κ2) is 8.48. The van der Waals surface area contributed by atoms with Gasteiger partial charge in [-0.3, -0.25) is 14.1 Å². The van der Waals surface area contributed by atoms with Crippen molar-refractivity contribution in [2.24, 2.45) is 0 Å². The van der Waals surface area contributed by atoms with Gasteiger partial charge in [0.2, 0.25) is 15.9 Å². The van der Waals surface area contributed by atoms with Crippen LogP contribution < -0.4 is 14.4 Å². The van der Waals surface area contributed by atoms with E-state index in [2.05, 4.69) is 10.3 Å². The monoisotopic (exact) mass is 363 g/mol. The molecule has 0 bridgehead atoms. The zero-order chi connectivity index (χ0) is 18.3. The number of sulfonamides is 1. The maximum Gasteiger partial charge on any atom is 0.241 e. The Hall–Kier alpha value is -2.61. The van der Waals surface area contributed by atoms with Gasteiger partial charge in [0.1, 0.15) is 12.3 Å². The molecule has 0 spiro atoms. The van der Waals surface area contributed by atoms with E-state index in [0.29, 0.717) is 23.7 Å². The van der Waals surface area contributed by atoms with Crippen molar-refractivity contribution in [2.45, 2.75) is 13.5 Å². The summed E-state index contributed by atoms with van der Waals surface area (Å²) in [4.78, 5) is 16.3. The Morgan fingerprint density at radius 3 is 2.56 bits per heavy atom. The lowest BCUT2D eigenvalue weighted by atomic mass is 10.3. The number of hydrogen-bond donors (Lipinski definition) is 1.